The number of hydrogen-bond donors (Lipinski definition) is 0. The largest absolute Gasteiger partial charge is 0.342 e. The van der Waals surface area contributed by atoms with E-state index >= 15 is 0 Å². The van der Waals surface area contributed by atoms with Crippen LogP contribution in [0.1, 0.15) is 37.2 Å². The molecule has 0 spiro atoms. The lowest BCUT2D eigenvalue weighted by atomic mass is 10.1. The SMILES string of the molecule is O=C(C1CC1c1ccccc1Cl)N1CCCCC1. The Labute approximate surface area is 113 Å². The van der Waals surface area contributed by atoms with Crippen molar-refractivity contribution < 1.29 is 4.79 Å². The Morgan fingerprint density at radius 2 is 1.89 bits per heavy atom. The number of carbonyl (C=O) groups excluding carboxylic acids is 1. The van der Waals surface area contributed by atoms with Gasteiger partial charge in [-0.1, -0.05) is 29.8 Å². The molecule has 3 heteroatoms. The van der Waals surface area contributed by atoms with Crippen molar-refractivity contribution in [1.82, 2.24) is 4.90 Å². The highest BCUT2D eigenvalue weighted by atomic mass is 35.5. The molecule has 0 N–H and O–H groups in total. The summed E-state index contributed by atoms with van der Waals surface area (Å²) in [6.07, 6.45) is 4.56. The van der Waals surface area contributed by atoms with E-state index in [0.717, 1.165) is 42.9 Å². The number of benzene rings is 1. The Balaban J connectivity index is 1.67. The molecule has 1 aromatic carbocycles. The lowest BCUT2D eigenvalue weighted by Gasteiger charge is -2.27. The van der Waals surface area contributed by atoms with Crippen LogP contribution in [-0.4, -0.2) is 23.9 Å². The van der Waals surface area contributed by atoms with Crippen LogP contribution >= 0.6 is 11.6 Å². The van der Waals surface area contributed by atoms with Crippen LogP contribution in [0.4, 0.5) is 0 Å². The Morgan fingerprint density at radius 1 is 1.17 bits per heavy atom. The van der Waals surface area contributed by atoms with Crippen LogP contribution in [0.2, 0.25) is 5.02 Å². The molecule has 2 nitrogen and oxygen atoms in total. The summed E-state index contributed by atoms with van der Waals surface area (Å²) >= 11 is 6.19. The summed E-state index contributed by atoms with van der Waals surface area (Å²) in [7, 11) is 0. The van der Waals surface area contributed by atoms with Crippen molar-refractivity contribution >= 4 is 17.5 Å². The smallest absolute Gasteiger partial charge is 0.226 e. The van der Waals surface area contributed by atoms with E-state index in [1.54, 1.807) is 0 Å². The molecule has 96 valence electrons. The van der Waals surface area contributed by atoms with Gasteiger partial charge in [0.1, 0.15) is 0 Å². The van der Waals surface area contributed by atoms with Gasteiger partial charge < -0.3 is 4.90 Å². The number of carbonyl (C=O) groups is 1. The number of hydrogen-bond acceptors (Lipinski definition) is 1. The van der Waals surface area contributed by atoms with Crippen molar-refractivity contribution in [2.75, 3.05) is 13.1 Å². The van der Waals surface area contributed by atoms with Gasteiger partial charge >= 0.3 is 0 Å². The molecule has 2 atom stereocenters. The van der Waals surface area contributed by atoms with E-state index in [2.05, 4.69) is 6.07 Å². The zero-order valence-electron chi connectivity index (χ0n) is 10.4. The molecule has 1 aliphatic heterocycles. The van der Waals surface area contributed by atoms with Gasteiger partial charge in [0.25, 0.3) is 0 Å². The number of halogens is 1. The van der Waals surface area contributed by atoms with Crippen molar-refractivity contribution in [3.05, 3.63) is 34.9 Å². The molecule has 1 aliphatic carbocycles. The third-order valence-corrected chi connectivity index (χ3v) is 4.42. The predicted octanol–water partition coefficient (Wildman–Crippen LogP) is 3.46. The third kappa shape index (κ3) is 2.26. The average molecular weight is 264 g/mol. The van der Waals surface area contributed by atoms with Crippen LogP contribution < -0.4 is 0 Å². The Bertz CT molecular complexity index is 454. The van der Waals surface area contributed by atoms with Crippen molar-refractivity contribution in [1.29, 1.82) is 0 Å². The van der Waals surface area contributed by atoms with E-state index in [-0.39, 0.29) is 5.92 Å². The molecule has 0 radical (unpaired) electrons. The quantitative estimate of drug-likeness (QED) is 0.800. The van der Waals surface area contributed by atoms with Crippen molar-refractivity contribution in [3.8, 4) is 0 Å². The molecular formula is C15H18ClNO. The first-order valence-electron chi connectivity index (χ1n) is 6.80. The van der Waals surface area contributed by atoms with E-state index in [1.165, 1.54) is 6.42 Å². The molecule has 3 rings (SSSR count). The maximum absolute atomic E-state index is 12.3. The van der Waals surface area contributed by atoms with Crippen LogP contribution in [0, 0.1) is 5.92 Å². The number of piperidine rings is 1. The van der Waals surface area contributed by atoms with Crippen molar-refractivity contribution in [3.63, 3.8) is 0 Å². The number of likely N-dealkylation sites (tertiary alicyclic amines) is 1. The molecule has 2 aliphatic rings. The minimum absolute atomic E-state index is 0.183. The molecule has 1 amide bonds. The fourth-order valence-electron chi connectivity index (χ4n) is 2.94. The van der Waals surface area contributed by atoms with Gasteiger partial charge in [-0.25, -0.2) is 0 Å². The van der Waals surface area contributed by atoms with E-state index in [9.17, 15) is 4.79 Å². The van der Waals surface area contributed by atoms with Gasteiger partial charge in [-0.2, -0.15) is 0 Å². The minimum Gasteiger partial charge on any atom is -0.342 e. The van der Waals surface area contributed by atoms with Crippen LogP contribution in [0.3, 0.4) is 0 Å². The summed E-state index contributed by atoms with van der Waals surface area (Å²) in [5, 5.41) is 0.802. The first-order valence-corrected chi connectivity index (χ1v) is 7.18. The first-order chi connectivity index (χ1) is 8.77. The highest BCUT2D eigenvalue weighted by Gasteiger charge is 2.46. The molecule has 1 saturated carbocycles. The Kier molecular flexibility index (Phi) is 3.29. The molecule has 18 heavy (non-hydrogen) atoms. The molecule has 1 heterocycles. The van der Waals surface area contributed by atoms with E-state index in [0.29, 0.717) is 11.8 Å². The zero-order chi connectivity index (χ0) is 12.5. The van der Waals surface area contributed by atoms with Gasteiger partial charge in [-0.3, -0.25) is 4.79 Å². The summed E-state index contributed by atoms with van der Waals surface area (Å²) in [4.78, 5) is 14.4. The number of rotatable bonds is 2. The number of nitrogens with zero attached hydrogens (tertiary/aromatic N) is 1. The summed E-state index contributed by atoms with van der Waals surface area (Å²) in [5.74, 6) is 0.885. The van der Waals surface area contributed by atoms with Crippen LogP contribution in [-0.2, 0) is 4.79 Å². The van der Waals surface area contributed by atoms with Gasteiger partial charge in [-0.05, 0) is 43.2 Å². The Morgan fingerprint density at radius 3 is 2.61 bits per heavy atom. The molecule has 1 aromatic rings. The highest BCUT2D eigenvalue weighted by Crippen LogP contribution is 2.50. The van der Waals surface area contributed by atoms with Gasteiger partial charge in [0, 0.05) is 24.0 Å². The molecule has 1 saturated heterocycles. The summed E-state index contributed by atoms with van der Waals surface area (Å²) in [5.41, 5.74) is 1.15. The van der Waals surface area contributed by atoms with E-state index in [4.69, 9.17) is 11.6 Å². The second-order valence-corrected chi connectivity index (χ2v) is 5.76. The predicted molar refractivity (Wildman–Crippen MR) is 72.7 cm³/mol. The second-order valence-electron chi connectivity index (χ2n) is 5.36. The fraction of sp³-hybridized carbons (Fsp3) is 0.533. The molecule has 0 aromatic heterocycles. The molecule has 2 fully saturated rings. The molecule has 0 bridgehead atoms. The van der Waals surface area contributed by atoms with Gasteiger partial charge in [0.2, 0.25) is 5.91 Å². The standard InChI is InChI=1S/C15H18ClNO/c16-14-7-3-2-6-11(14)12-10-13(12)15(18)17-8-4-1-5-9-17/h2-3,6-7,12-13H,1,4-5,8-10H2. The van der Waals surface area contributed by atoms with Crippen molar-refractivity contribution in [2.45, 2.75) is 31.6 Å². The monoisotopic (exact) mass is 263 g/mol. The molecule has 2 unspecified atom stereocenters. The maximum atomic E-state index is 12.3. The minimum atomic E-state index is 0.183. The fourth-order valence-corrected chi connectivity index (χ4v) is 3.21. The molecular weight excluding hydrogens is 246 g/mol. The van der Waals surface area contributed by atoms with Crippen molar-refractivity contribution in [2.24, 2.45) is 5.92 Å². The van der Waals surface area contributed by atoms with E-state index in [1.807, 2.05) is 23.1 Å². The number of amides is 1. The topological polar surface area (TPSA) is 20.3 Å². The van der Waals surface area contributed by atoms with Gasteiger partial charge in [-0.15, -0.1) is 0 Å². The Hall–Kier alpha value is -1.02. The van der Waals surface area contributed by atoms with Crippen LogP contribution in [0.15, 0.2) is 24.3 Å². The first kappa shape index (κ1) is 12.0. The van der Waals surface area contributed by atoms with Crippen LogP contribution in [0.5, 0.6) is 0 Å². The second kappa shape index (κ2) is 4.93. The summed E-state index contributed by atoms with van der Waals surface area (Å²) in [6, 6.07) is 7.91. The van der Waals surface area contributed by atoms with Crippen LogP contribution in [0.25, 0.3) is 0 Å². The maximum Gasteiger partial charge on any atom is 0.226 e. The zero-order valence-corrected chi connectivity index (χ0v) is 11.2. The van der Waals surface area contributed by atoms with Gasteiger partial charge in [0.15, 0.2) is 0 Å². The average Bonchev–Trinajstić information content (AvgIpc) is 3.20. The highest BCUT2D eigenvalue weighted by molar-refractivity contribution is 6.31. The summed E-state index contributed by atoms with van der Waals surface area (Å²) < 4.78 is 0. The normalized spacial score (nSPS) is 27.1. The lowest BCUT2D eigenvalue weighted by molar-refractivity contribution is -0.133. The third-order valence-electron chi connectivity index (χ3n) is 4.08. The lowest BCUT2D eigenvalue weighted by Crippen LogP contribution is -2.36. The summed E-state index contributed by atoms with van der Waals surface area (Å²) in [6.45, 7) is 1.90. The van der Waals surface area contributed by atoms with Gasteiger partial charge in [0.05, 0.1) is 0 Å². The van der Waals surface area contributed by atoms with E-state index < -0.39 is 0 Å².